The van der Waals surface area contributed by atoms with Crippen molar-refractivity contribution in [2.45, 2.75) is 20.8 Å². The first-order valence-corrected chi connectivity index (χ1v) is 13.7. The van der Waals surface area contributed by atoms with E-state index in [0.29, 0.717) is 9.47 Å². The molecule has 0 spiro atoms. The zero-order chi connectivity index (χ0) is 12.7. The number of hydrogen-bond acceptors (Lipinski definition) is 1. The van der Waals surface area contributed by atoms with E-state index in [0.717, 1.165) is 16.8 Å². The Morgan fingerprint density at radius 3 is 1.94 bits per heavy atom. The molecule has 0 N–H and O–H groups in total. The fourth-order valence-corrected chi connectivity index (χ4v) is 1.49. The number of aryl methyl sites for hydroxylation is 2. The molecule has 0 fully saturated rings. The molecule has 1 aromatic carbocycles. The van der Waals surface area contributed by atoms with Gasteiger partial charge in [0.25, 0.3) is 0 Å². The van der Waals surface area contributed by atoms with Gasteiger partial charge in [0, 0.05) is 19.7 Å². The predicted molar refractivity (Wildman–Crippen MR) is 83.0 cm³/mol. The Morgan fingerprint density at radius 2 is 1.62 bits per heavy atom. The van der Waals surface area contributed by atoms with Gasteiger partial charge >= 0.3 is 49.4 Å². The predicted octanol–water partition coefficient (Wildman–Crippen LogP) is 4.06. The van der Waals surface area contributed by atoms with E-state index in [1.54, 1.807) is 18.9 Å². The van der Waals surface area contributed by atoms with Crippen LogP contribution in [0.5, 0.6) is 0 Å². The molecular weight excluding hydrogens is 467 g/mol. The van der Waals surface area contributed by atoms with Crippen molar-refractivity contribution in [1.29, 1.82) is 0 Å². The quantitative estimate of drug-likeness (QED) is 0.554. The molecule has 1 amide bonds. The zero-order valence-electron chi connectivity index (χ0n) is 9.79. The third-order valence-electron chi connectivity index (χ3n) is 2.25. The van der Waals surface area contributed by atoms with Crippen LogP contribution in [0.15, 0.2) is 18.2 Å². The number of anilines is 1. The number of carbonyl (C=O) groups is 1. The fraction of sp³-hybridized carbons (Fsp3) is 0.364. The first-order valence-electron chi connectivity index (χ1n) is 4.68. The minimum atomic E-state index is 0.0670. The summed E-state index contributed by atoms with van der Waals surface area (Å²) in [5, 5.41) is 0. The molecule has 0 aliphatic rings. The van der Waals surface area contributed by atoms with Gasteiger partial charge in [-0.3, -0.25) is 4.79 Å². The molecule has 0 aliphatic heterocycles. The summed E-state index contributed by atoms with van der Waals surface area (Å²) in [7, 11) is 2.43. The maximum atomic E-state index is 11.2. The number of halogens is 2. The molecule has 0 aliphatic carbocycles. The average molecular weight is 482 g/mol. The van der Waals surface area contributed by atoms with Crippen molar-refractivity contribution in [3.05, 3.63) is 29.3 Å². The molecule has 2 nitrogen and oxygen atoms in total. The Hall–Kier alpha value is 0.734. The summed E-state index contributed by atoms with van der Waals surface area (Å²) in [4.78, 5) is 12.9. The minimum absolute atomic E-state index is 0.0670. The second-order valence-electron chi connectivity index (χ2n) is 3.38. The van der Waals surface area contributed by atoms with Crippen molar-refractivity contribution in [2.24, 2.45) is 0 Å². The Balaban J connectivity index is 0.000000673. The standard InChI is InChI=1S/C11H15NO.2HI.V/c1-8-6-5-7-9(2)11(8)12(4)10(3)13;;;/h5-7H,1-4H3;2*1H;/q;;;+2/p-2. The fourth-order valence-electron chi connectivity index (χ4n) is 1.49. The molecule has 5 heteroatoms. The van der Waals surface area contributed by atoms with Crippen LogP contribution >= 0.6 is 40.0 Å². The molecule has 0 heterocycles. The molecule has 16 heavy (non-hydrogen) atoms. The Morgan fingerprint density at radius 1 is 1.25 bits per heavy atom. The van der Waals surface area contributed by atoms with Gasteiger partial charge in [0.1, 0.15) is 0 Å². The number of rotatable bonds is 1. The van der Waals surface area contributed by atoms with Crippen LogP contribution in [-0.4, -0.2) is 13.0 Å². The van der Waals surface area contributed by atoms with Crippen LogP contribution in [0.2, 0.25) is 0 Å². The van der Waals surface area contributed by atoms with E-state index < -0.39 is 0 Å². The van der Waals surface area contributed by atoms with Crippen LogP contribution in [0, 0.1) is 13.8 Å². The van der Waals surface area contributed by atoms with Gasteiger partial charge in [0.2, 0.25) is 5.91 Å². The molecule has 1 aromatic rings. The second-order valence-corrected chi connectivity index (χ2v) is 15.2. The first-order chi connectivity index (χ1) is 7.45. The molecule has 89 valence electrons. The summed E-state index contributed by atoms with van der Waals surface area (Å²) in [5.41, 5.74) is 3.30. The van der Waals surface area contributed by atoms with Crippen molar-refractivity contribution < 1.29 is 14.3 Å². The van der Waals surface area contributed by atoms with Gasteiger partial charge in [0.15, 0.2) is 0 Å². The molecule has 0 aromatic heterocycles. The van der Waals surface area contributed by atoms with Crippen LogP contribution in [0.25, 0.3) is 0 Å². The van der Waals surface area contributed by atoms with Crippen molar-refractivity contribution in [3.8, 4) is 0 Å². The number of amides is 1. The Labute approximate surface area is 126 Å². The van der Waals surface area contributed by atoms with E-state index in [1.807, 2.05) is 32.0 Å². The van der Waals surface area contributed by atoms with Gasteiger partial charge in [-0.2, -0.15) is 0 Å². The van der Waals surface area contributed by atoms with E-state index >= 15 is 0 Å². The SMILES string of the molecule is CC(=O)N(C)c1c(C)cccc1C.[I][V][I]. The van der Waals surface area contributed by atoms with Crippen molar-refractivity contribution in [2.75, 3.05) is 11.9 Å². The van der Waals surface area contributed by atoms with E-state index in [1.165, 1.54) is 0 Å². The molecule has 0 bridgehead atoms. The van der Waals surface area contributed by atoms with Gasteiger partial charge in [-0.25, -0.2) is 0 Å². The maximum absolute atomic E-state index is 11.2. The molecule has 0 unspecified atom stereocenters. The molecule has 0 saturated carbocycles. The molecule has 1 rings (SSSR count). The van der Waals surface area contributed by atoms with E-state index in [9.17, 15) is 4.79 Å². The molecule has 0 saturated heterocycles. The summed E-state index contributed by atoms with van der Waals surface area (Å²) in [5.74, 6) is 0.0670. The van der Waals surface area contributed by atoms with Crippen LogP contribution in [0.1, 0.15) is 18.1 Å². The topological polar surface area (TPSA) is 20.3 Å². The summed E-state index contributed by atoms with van der Waals surface area (Å²) >= 11 is 4.74. The Kier molecular flexibility index (Phi) is 9.17. The summed E-state index contributed by atoms with van der Waals surface area (Å²) in [6.07, 6.45) is 0. The van der Waals surface area contributed by atoms with Crippen molar-refractivity contribution >= 4 is 51.6 Å². The van der Waals surface area contributed by atoms with Gasteiger partial charge in [-0.15, -0.1) is 0 Å². The summed E-state index contributed by atoms with van der Waals surface area (Å²) in [6, 6.07) is 6.03. The van der Waals surface area contributed by atoms with Gasteiger partial charge < -0.3 is 4.90 Å². The number of benzene rings is 1. The third kappa shape index (κ3) is 5.38. The van der Waals surface area contributed by atoms with Crippen LogP contribution in [-0.2, 0) is 14.3 Å². The molecular formula is C11H15I2NOV. The van der Waals surface area contributed by atoms with E-state index in [4.69, 9.17) is 0 Å². The van der Waals surface area contributed by atoms with E-state index in [-0.39, 0.29) is 5.91 Å². The monoisotopic (exact) mass is 482 g/mol. The zero-order valence-corrected chi connectivity index (χ0v) is 15.5. The normalized spacial score (nSPS) is 8.88. The van der Waals surface area contributed by atoms with Crippen LogP contribution in [0.4, 0.5) is 5.69 Å². The second kappa shape index (κ2) is 8.77. The number of carbonyl (C=O) groups excluding carboxylic acids is 1. The van der Waals surface area contributed by atoms with Crippen molar-refractivity contribution in [1.82, 2.24) is 0 Å². The van der Waals surface area contributed by atoms with Crippen LogP contribution < -0.4 is 4.90 Å². The molecule has 0 atom stereocenters. The number of nitrogens with zero attached hydrogens (tertiary/aromatic N) is 1. The van der Waals surface area contributed by atoms with Crippen molar-refractivity contribution in [3.63, 3.8) is 0 Å². The number of hydrogen-bond donors (Lipinski definition) is 0. The average Bonchev–Trinajstić information content (AvgIpc) is 2.18. The van der Waals surface area contributed by atoms with E-state index in [2.05, 4.69) is 40.0 Å². The van der Waals surface area contributed by atoms with Crippen LogP contribution in [0.3, 0.4) is 0 Å². The van der Waals surface area contributed by atoms with Gasteiger partial charge in [-0.05, 0) is 25.0 Å². The summed E-state index contributed by atoms with van der Waals surface area (Å²) < 4.78 is 0. The first kappa shape index (κ1) is 16.7. The third-order valence-corrected chi connectivity index (χ3v) is 2.25. The Bertz CT molecular complexity index is 338. The van der Waals surface area contributed by atoms with Gasteiger partial charge in [0.05, 0.1) is 0 Å². The summed E-state index contributed by atoms with van der Waals surface area (Å²) in [6.45, 7) is 5.61. The number of para-hydroxylation sites is 1. The molecule has 0 radical (unpaired) electrons. The van der Waals surface area contributed by atoms with Gasteiger partial charge in [-0.1, -0.05) is 18.2 Å².